The fourth-order valence-electron chi connectivity index (χ4n) is 1.76. The van der Waals surface area contributed by atoms with Crippen LogP contribution in [0.1, 0.15) is 16.8 Å². The second-order valence-corrected chi connectivity index (χ2v) is 5.16. The highest BCUT2D eigenvalue weighted by Gasteiger charge is 2.14. The van der Waals surface area contributed by atoms with Crippen LogP contribution in [0.2, 0.25) is 5.02 Å². The number of thiocarbonyl (C=S) groups is 1. The van der Waals surface area contributed by atoms with Gasteiger partial charge in [0, 0.05) is 10.7 Å². The molecule has 0 fully saturated rings. The molecule has 0 saturated carbocycles. The molecule has 1 heterocycles. The van der Waals surface area contributed by atoms with E-state index in [1.54, 1.807) is 6.07 Å². The van der Waals surface area contributed by atoms with Crippen molar-refractivity contribution in [3.05, 3.63) is 45.9 Å². The zero-order valence-electron chi connectivity index (χ0n) is 10.9. The van der Waals surface area contributed by atoms with Crippen LogP contribution < -0.4 is 11.1 Å². The maximum Gasteiger partial charge on any atom is 0.163 e. The monoisotopic (exact) mass is 310 g/mol. The van der Waals surface area contributed by atoms with E-state index in [0.29, 0.717) is 17.1 Å². The molecule has 0 unspecified atom stereocenters. The summed E-state index contributed by atoms with van der Waals surface area (Å²) in [5, 5.41) is 11.2. The molecule has 20 heavy (non-hydrogen) atoms. The Bertz CT molecular complexity index is 670. The molecule has 0 amide bonds. The quantitative estimate of drug-likeness (QED) is 0.852. The summed E-state index contributed by atoms with van der Waals surface area (Å²) in [7, 11) is 0. The van der Waals surface area contributed by atoms with Crippen molar-refractivity contribution in [3.8, 4) is 0 Å². The van der Waals surface area contributed by atoms with Crippen molar-refractivity contribution < 1.29 is 4.39 Å². The second-order valence-electron chi connectivity index (χ2n) is 4.28. The van der Waals surface area contributed by atoms with Crippen LogP contribution in [0.25, 0.3) is 0 Å². The van der Waals surface area contributed by atoms with Gasteiger partial charge in [0.25, 0.3) is 0 Å². The molecule has 0 aliphatic rings. The van der Waals surface area contributed by atoms with E-state index in [9.17, 15) is 4.39 Å². The maximum atomic E-state index is 13.3. The van der Waals surface area contributed by atoms with Crippen molar-refractivity contribution in [2.24, 2.45) is 5.73 Å². The fourth-order valence-corrected chi connectivity index (χ4v) is 2.23. The van der Waals surface area contributed by atoms with Crippen LogP contribution in [0, 0.1) is 19.7 Å². The standard InChI is InChI=1S/C13H12ClFN4S/c1-6-7(2)18-19-13(11(6)12(16)20)17-10-4-8(14)3-9(15)5-10/h3-5H,1-2H3,(H2,16,20)(H,17,19). The van der Waals surface area contributed by atoms with Gasteiger partial charge in [-0.05, 0) is 37.6 Å². The average Bonchev–Trinajstić information content (AvgIpc) is 2.32. The van der Waals surface area contributed by atoms with Gasteiger partial charge in [-0.15, -0.1) is 5.10 Å². The third-order valence-electron chi connectivity index (χ3n) is 2.83. The minimum atomic E-state index is -0.450. The van der Waals surface area contributed by atoms with E-state index in [0.717, 1.165) is 11.3 Å². The third kappa shape index (κ3) is 3.02. The Morgan fingerprint density at radius 1 is 1.30 bits per heavy atom. The van der Waals surface area contributed by atoms with Crippen LogP contribution in [0.5, 0.6) is 0 Å². The zero-order valence-corrected chi connectivity index (χ0v) is 12.4. The molecule has 2 aromatic rings. The van der Waals surface area contributed by atoms with Crippen molar-refractivity contribution in [2.75, 3.05) is 5.32 Å². The van der Waals surface area contributed by atoms with E-state index in [1.165, 1.54) is 12.1 Å². The lowest BCUT2D eigenvalue weighted by atomic mass is 10.1. The fraction of sp³-hybridized carbons (Fsp3) is 0.154. The predicted octanol–water partition coefficient (Wildman–Crippen LogP) is 3.26. The molecule has 0 spiro atoms. The number of nitrogens with zero attached hydrogens (tertiary/aromatic N) is 2. The Morgan fingerprint density at radius 3 is 2.60 bits per heavy atom. The number of nitrogens with one attached hydrogen (secondary N) is 1. The second kappa shape index (κ2) is 5.68. The topological polar surface area (TPSA) is 63.8 Å². The van der Waals surface area contributed by atoms with E-state index >= 15 is 0 Å². The molecule has 0 bridgehead atoms. The number of nitrogens with two attached hydrogens (primary N) is 1. The van der Waals surface area contributed by atoms with Gasteiger partial charge < -0.3 is 11.1 Å². The number of rotatable bonds is 3. The average molecular weight is 311 g/mol. The third-order valence-corrected chi connectivity index (χ3v) is 3.25. The van der Waals surface area contributed by atoms with Gasteiger partial charge in [-0.25, -0.2) is 4.39 Å². The lowest BCUT2D eigenvalue weighted by Crippen LogP contribution is -2.16. The first-order chi connectivity index (χ1) is 9.38. The molecule has 1 aromatic heterocycles. The molecule has 0 saturated heterocycles. The Balaban J connectivity index is 2.48. The van der Waals surface area contributed by atoms with E-state index in [1.807, 2.05) is 13.8 Å². The normalized spacial score (nSPS) is 10.4. The molecular formula is C13H12ClFN4S. The summed E-state index contributed by atoms with van der Waals surface area (Å²) in [4.78, 5) is 0.200. The molecule has 0 atom stereocenters. The summed E-state index contributed by atoms with van der Waals surface area (Å²) in [5.74, 6) is -0.0732. The molecule has 104 valence electrons. The number of hydrogen-bond acceptors (Lipinski definition) is 4. The van der Waals surface area contributed by atoms with Gasteiger partial charge in [0.15, 0.2) is 5.82 Å². The molecule has 2 rings (SSSR count). The number of halogens is 2. The molecule has 0 aliphatic carbocycles. The minimum absolute atomic E-state index is 0.200. The highest BCUT2D eigenvalue weighted by Crippen LogP contribution is 2.25. The van der Waals surface area contributed by atoms with E-state index in [4.69, 9.17) is 29.6 Å². The van der Waals surface area contributed by atoms with Crippen LogP contribution in [0.15, 0.2) is 18.2 Å². The van der Waals surface area contributed by atoms with Gasteiger partial charge in [-0.3, -0.25) is 0 Å². The number of benzene rings is 1. The van der Waals surface area contributed by atoms with Crippen molar-refractivity contribution in [2.45, 2.75) is 13.8 Å². The van der Waals surface area contributed by atoms with Gasteiger partial charge in [0.05, 0.1) is 11.3 Å². The van der Waals surface area contributed by atoms with Crippen molar-refractivity contribution in [1.29, 1.82) is 0 Å². The van der Waals surface area contributed by atoms with E-state index in [2.05, 4.69) is 15.5 Å². The SMILES string of the molecule is Cc1nnc(Nc2cc(F)cc(Cl)c2)c(C(N)=S)c1C. The van der Waals surface area contributed by atoms with Gasteiger partial charge in [0.2, 0.25) is 0 Å². The smallest absolute Gasteiger partial charge is 0.163 e. The lowest BCUT2D eigenvalue weighted by molar-refractivity contribution is 0.628. The molecule has 0 aliphatic heterocycles. The molecular weight excluding hydrogens is 299 g/mol. The van der Waals surface area contributed by atoms with Crippen LogP contribution in [0.3, 0.4) is 0 Å². The molecule has 7 heteroatoms. The number of aromatic nitrogens is 2. The van der Waals surface area contributed by atoms with Gasteiger partial charge >= 0.3 is 0 Å². The number of anilines is 2. The van der Waals surface area contributed by atoms with E-state index < -0.39 is 5.82 Å². The van der Waals surface area contributed by atoms with Gasteiger partial charge in [0.1, 0.15) is 10.8 Å². The van der Waals surface area contributed by atoms with Crippen molar-refractivity contribution in [1.82, 2.24) is 10.2 Å². The van der Waals surface area contributed by atoms with Crippen molar-refractivity contribution >= 4 is 40.3 Å². The summed E-state index contributed by atoms with van der Waals surface area (Å²) in [6.45, 7) is 3.66. The largest absolute Gasteiger partial charge is 0.389 e. The first-order valence-corrected chi connectivity index (χ1v) is 6.54. The minimum Gasteiger partial charge on any atom is -0.389 e. The highest BCUT2D eigenvalue weighted by molar-refractivity contribution is 7.80. The van der Waals surface area contributed by atoms with Gasteiger partial charge in [-0.2, -0.15) is 5.10 Å². The van der Waals surface area contributed by atoms with Crippen molar-refractivity contribution in [3.63, 3.8) is 0 Å². The first-order valence-electron chi connectivity index (χ1n) is 5.75. The molecule has 4 nitrogen and oxygen atoms in total. The van der Waals surface area contributed by atoms with Crippen LogP contribution in [-0.4, -0.2) is 15.2 Å². The maximum absolute atomic E-state index is 13.3. The Hall–Kier alpha value is -1.79. The van der Waals surface area contributed by atoms with Gasteiger partial charge in [-0.1, -0.05) is 23.8 Å². The molecule has 3 N–H and O–H groups in total. The summed E-state index contributed by atoms with van der Waals surface area (Å²) < 4.78 is 13.3. The van der Waals surface area contributed by atoms with Crippen LogP contribution in [0.4, 0.5) is 15.9 Å². The predicted molar refractivity (Wildman–Crippen MR) is 82.1 cm³/mol. The van der Waals surface area contributed by atoms with Crippen LogP contribution in [-0.2, 0) is 0 Å². The summed E-state index contributed by atoms with van der Waals surface area (Å²) >= 11 is 10.8. The summed E-state index contributed by atoms with van der Waals surface area (Å²) in [6, 6.07) is 4.09. The Kier molecular flexibility index (Phi) is 4.15. The highest BCUT2D eigenvalue weighted by atomic mass is 35.5. The molecule has 1 aromatic carbocycles. The Labute approximate surface area is 126 Å². The summed E-state index contributed by atoms with van der Waals surface area (Å²) in [6.07, 6.45) is 0. The lowest BCUT2D eigenvalue weighted by Gasteiger charge is -2.13. The molecule has 0 radical (unpaired) electrons. The number of aryl methyl sites for hydroxylation is 1. The summed E-state index contributed by atoms with van der Waals surface area (Å²) in [5.41, 5.74) is 8.32. The first kappa shape index (κ1) is 14.6. The Morgan fingerprint density at radius 2 is 2.00 bits per heavy atom. The zero-order chi connectivity index (χ0) is 14.9. The van der Waals surface area contributed by atoms with E-state index in [-0.39, 0.29) is 10.0 Å². The number of hydrogen-bond donors (Lipinski definition) is 2. The van der Waals surface area contributed by atoms with Crippen LogP contribution >= 0.6 is 23.8 Å².